The molecule has 0 radical (unpaired) electrons. The number of pyridine rings is 1. The predicted octanol–water partition coefficient (Wildman–Crippen LogP) is 1.29. The molecule has 1 saturated heterocycles. The van der Waals surface area contributed by atoms with Gasteiger partial charge in [-0.2, -0.15) is 0 Å². The molecule has 0 aromatic carbocycles. The van der Waals surface area contributed by atoms with E-state index in [1.54, 1.807) is 24.1 Å². The summed E-state index contributed by atoms with van der Waals surface area (Å²) >= 11 is 1.45. The summed E-state index contributed by atoms with van der Waals surface area (Å²) in [5.41, 5.74) is 0.868. The maximum Gasteiger partial charge on any atom is 0.321 e. The second kappa shape index (κ2) is 8.40. The van der Waals surface area contributed by atoms with Crippen LogP contribution in [-0.2, 0) is 6.54 Å². The summed E-state index contributed by atoms with van der Waals surface area (Å²) in [6, 6.07) is 3.00. The third kappa shape index (κ3) is 4.98. The van der Waals surface area contributed by atoms with Crippen LogP contribution >= 0.6 is 11.3 Å². The molecule has 27 heavy (non-hydrogen) atoms. The highest BCUT2D eigenvalue weighted by Crippen LogP contribution is 2.14. The van der Waals surface area contributed by atoms with Crippen LogP contribution in [0, 0.1) is 6.92 Å². The van der Waals surface area contributed by atoms with Gasteiger partial charge in [-0.15, -0.1) is 10.2 Å². The maximum absolute atomic E-state index is 12.6. The van der Waals surface area contributed by atoms with Crippen molar-refractivity contribution >= 4 is 29.0 Å². The van der Waals surface area contributed by atoms with E-state index in [0.29, 0.717) is 31.0 Å². The normalized spacial score (nSPS) is 14.9. The number of hydrogen-bond donors (Lipinski definition) is 1. The number of urea groups is 1. The molecule has 1 N–H and O–H groups in total. The average molecular weight is 389 g/mol. The van der Waals surface area contributed by atoms with Gasteiger partial charge in [-0.25, -0.2) is 4.79 Å². The Morgan fingerprint density at radius 2 is 2.00 bits per heavy atom. The standard InChI is InChI=1S/C17H23N7O2S/c1-12-20-21-15(27-12)11-23(3)17(26)19-13-4-5-18-14(10-13)16(25)24-8-6-22(2)7-9-24/h4-5,10H,6-9,11H2,1-3H3,(H,18,19,26). The number of aryl methyl sites for hydroxylation is 1. The molecule has 144 valence electrons. The van der Waals surface area contributed by atoms with Crippen molar-refractivity contribution in [3.8, 4) is 0 Å². The average Bonchev–Trinajstić information content (AvgIpc) is 3.06. The van der Waals surface area contributed by atoms with Crippen LogP contribution in [0.25, 0.3) is 0 Å². The highest BCUT2D eigenvalue weighted by atomic mass is 32.1. The Morgan fingerprint density at radius 3 is 2.67 bits per heavy atom. The van der Waals surface area contributed by atoms with Gasteiger partial charge in [0, 0.05) is 45.1 Å². The molecule has 10 heteroatoms. The molecule has 3 rings (SSSR count). The minimum absolute atomic E-state index is 0.114. The van der Waals surface area contributed by atoms with E-state index >= 15 is 0 Å². The SMILES string of the molecule is Cc1nnc(CN(C)C(=O)Nc2ccnc(C(=O)N3CCN(C)CC3)c2)s1. The Labute approximate surface area is 162 Å². The van der Waals surface area contributed by atoms with E-state index < -0.39 is 0 Å². The quantitative estimate of drug-likeness (QED) is 0.847. The largest absolute Gasteiger partial charge is 0.335 e. The lowest BCUT2D eigenvalue weighted by Gasteiger charge is -2.32. The maximum atomic E-state index is 12.6. The van der Waals surface area contributed by atoms with Crippen LogP contribution < -0.4 is 5.32 Å². The summed E-state index contributed by atoms with van der Waals surface area (Å²) in [6.45, 7) is 5.29. The fraction of sp³-hybridized carbons (Fsp3) is 0.471. The summed E-state index contributed by atoms with van der Waals surface area (Å²) in [5, 5.41) is 12.4. The summed E-state index contributed by atoms with van der Waals surface area (Å²) in [7, 11) is 3.72. The third-order valence-electron chi connectivity index (χ3n) is 4.31. The van der Waals surface area contributed by atoms with Gasteiger partial charge in [0.2, 0.25) is 0 Å². The number of nitrogens with one attached hydrogen (secondary N) is 1. The number of anilines is 1. The first-order chi connectivity index (χ1) is 12.9. The molecule has 0 saturated carbocycles. The fourth-order valence-corrected chi connectivity index (χ4v) is 3.45. The number of piperazine rings is 1. The molecule has 0 spiro atoms. The lowest BCUT2D eigenvalue weighted by Crippen LogP contribution is -2.47. The van der Waals surface area contributed by atoms with E-state index in [1.807, 2.05) is 14.0 Å². The minimum Gasteiger partial charge on any atom is -0.335 e. The minimum atomic E-state index is -0.285. The van der Waals surface area contributed by atoms with Crippen LogP contribution in [-0.4, -0.2) is 82.1 Å². The van der Waals surface area contributed by atoms with Crippen molar-refractivity contribution < 1.29 is 9.59 Å². The molecule has 1 aliphatic rings. The number of likely N-dealkylation sites (N-methyl/N-ethyl adjacent to an activating group) is 1. The van der Waals surface area contributed by atoms with Crippen LogP contribution in [0.4, 0.5) is 10.5 Å². The fourth-order valence-electron chi connectivity index (χ4n) is 2.69. The topological polar surface area (TPSA) is 94.6 Å². The molecule has 3 heterocycles. The van der Waals surface area contributed by atoms with Gasteiger partial charge in [-0.3, -0.25) is 9.78 Å². The van der Waals surface area contributed by atoms with Gasteiger partial charge in [0.05, 0.1) is 6.54 Å². The zero-order valence-corrected chi connectivity index (χ0v) is 16.5. The van der Waals surface area contributed by atoms with Gasteiger partial charge in [0.1, 0.15) is 15.7 Å². The number of rotatable bonds is 4. The Balaban J connectivity index is 1.61. The number of amides is 3. The van der Waals surface area contributed by atoms with E-state index in [1.165, 1.54) is 22.4 Å². The molecule has 0 aliphatic carbocycles. The zero-order valence-electron chi connectivity index (χ0n) is 15.7. The van der Waals surface area contributed by atoms with Crippen LogP contribution in [0.1, 0.15) is 20.5 Å². The number of carbonyl (C=O) groups is 2. The van der Waals surface area contributed by atoms with Gasteiger partial charge >= 0.3 is 6.03 Å². The molecule has 2 aromatic rings. The van der Waals surface area contributed by atoms with Crippen molar-refractivity contribution in [2.75, 3.05) is 45.6 Å². The zero-order chi connectivity index (χ0) is 19.4. The van der Waals surface area contributed by atoms with Crippen molar-refractivity contribution in [1.29, 1.82) is 0 Å². The predicted molar refractivity (Wildman–Crippen MR) is 103 cm³/mol. The second-order valence-electron chi connectivity index (χ2n) is 6.53. The Hall–Kier alpha value is -2.59. The number of nitrogens with zero attached hydrogens (tertiary/aromatic N) is 6. The van der Waals surface area contributed by atoms with Gasteiger partial charge in [0.25, 0.3) is 5.91 Å². The van der Waals surface area contributed by atoms with Crippen LogP contribution in [0.3, 0.4) is 0 Å². The van der Waals surface area contributed by atoms with E-state index in [0.717, 1.165) is 23.1 Å². The Kier molecular flexibility index (Phi) is 5.97. The Morgan fingerprint density at radius 1 is 1.26 bits per heavy atom. The van der Waals surface area contributed by atoms with Crippen molar-refractivity contribution in [2.45, 2.75) is 13.5 Å². The van der Waals surface area contributed by atoms with Crippen LogP contribution in [0.2, 0.25) is 0 Å². The second-order valence-corrected chi connectivity index (χ2v) is 7.79. The van der Waals surface area contributed by atoms with Crippen LogP contribution in [0.5, 0.6) is 0 Å². The highest BCUT2D eigenvalue weighted by molar-refractivity contribution is 7.11. The first-order valence-corrected chi connectivity index (χ1v) is 9.49. The van der Waals surface area contributed by atoms with E-state index in [4.69, 9.17) is 0 Å². The van der Waals surface area contributed by atoms with Gasteiger partial charge in [0.15, 0.2) is 0 Å². The van der Waals surface area contributed by atoms with Gasteiger partial charge in [-0.05, 0) is 26.1 Å². The van der Waals surface area contributed by atoms with E-state index in [-0.39, 0.29) is 11.9 Å². The van der Waals surface area contributed by atoms with Crippen molar-refractivity contribution in [1.82, 2.24) is 29.9 Å². The van der Waals surface area contributed by atoms with Gasteiger partial charge in [-0.1, -0.05) is 11.3 Å². The number of carbonyl (C=O) groups excluding carboxylic acids is 2. The summed E-state index contributed by atoms with van der Waals surface area (Å²) in [5.74, 6) is -0.114. The monoisotopic (exact) mass is 389 g/mol. The summed E-state index contributed by atoms with van der Waals surface area (Å²) in [4.78, 5) is 34.7. The molecular weight excluding hydrogens is 366 g/mol. The third-order valence-corrected chi connectivity index (χ3v) is 5.13. The molecule has 9 nitrogen and oxygen atoms in total. The summed E-state index contributed by atoms with van der Waals surface area (Å²) in [6.07, 6.45) is 1.53. The molecule has 2 aromatic heterocycles. The molecule has 1 aliphatic heterocycles. The highest BCUT2D eigenvalue weighted by Gasteiger charge is 2.22. The molecule has 0 unspecified atom stereocenters. The number of aromatic nitrogens is 3. The molecule has 0 atom stereocenters. The molecule has 1 fully saturated rings. The smallest absolute Gasteiger partial charge is 0.321 e. The van der Waals surface area contributed by atoms with Gasteiger partial charge < -0.3 is 20.0 Å². The van der Waals surface area contributed by atoms with Crippen molar-refractivity contribution in [3.05, 3.63) is 34.0 Å². The summed E-state index contributed by atoms with van der Waals surface area (Å²) < 4.78 is 0. The van der Waals surface area contributed by atoms with Crippen molar-refractivity contribution in [3.63, 3.8) is 0 Å². The van der Waals surface area contributed by atoms with E-state index in [2.05, 4.69) is 25.4 Å². The van der Waals surface area contributed by atoms with Crippen LogP contribution in [0.15, 0.2) is 18.3 Å². The van der Waals surface area contributed by atoms with E-state index in [9.17, 15) is 9.59 Å². The molecular formula is C17H23N7O2S. The lowest BCUT2D eigenvalue weighted by molar-refractivity contribution is 0.0658. The Bertz CT molecular complexity index is 817. The molecule has 0 bridgehead atoms. The van der Waals surface area contributed by atoms with Crippen molar-refractivity contribution in [2.24, 2.45) is 0 Å². The first-order valence-electron chi connectivity index (χ1n) is 8.67. The number of hydrogen-bond acceptors (Lipinski definition) is 7. The lowest BCUT2D eigenvalue weighted by atomic mass is 10.2. The molecule has 3 amide bonds. The first kappa shape index (κ1) is 19.2.